The van der Waals surface area contributed by atoms with Crippen LogP contribution in [0, 0.1) is 11.6 Å². The van der Waals surface area contributed by atoms with Gasteiger partial charge in [0.25, 0.3) is 5.91 Å². The number of fused-ring (bicyclic) bond motifs is 1. The summed E-state index contributed by atoms with van der Waals surface area (Å²) in [7, 11) is 1.49. The molecule has 2 aromatic heterocycles. The molecule has 4 rings (SSSR count). The second-order valence-electron chi connectivity index (χ2n) is 6.45. The van der Waals surface area contributed by atoms with Crippen molar-refractivity contribution in [2.45, 2.75) is 6.54 Å². The average Bonchev–Trinajstić information content (AvgIpc) is 3.42. The SMILES string of the molecule is COc1c(C(=O)NCc2cccs2)ccc2n[nH]c(/C=C/c3ccc(F)c(F)c3)c12. The van der Waals surface area contributed by atoms with Crippen LogP contribution in [0.1, 0.15) is 26.5 Å². The maximum absolute atomic E-state index is 13.4. The Morgan fingerprint density at radius 2 is 2.07 bits per heavy atom. The molecule has 0 fully saturated rings. The molecule has 4 aromatic rings. The van der Waals surface area contributed by atoms with E-state index in [4.69, 9.17) is 4.74 Å². The summed E-state index contributed by atoms with van der Waals surface area (Å²) in [4.78, 5) is 13.8. The highest BCUT2D eigenvalue weighted by Gasteiger charge is 2.18. The van der Waals surface area contributed by atoms with Crippen LogP contribution in [0.5, 0.6) is 5.75 Å². The smallest absolute Gasteiger partial charge is 0.255 e. The Bertz CT molecular complexity index is 1230. The van der Waals surface area contributed by atoms with Gasteiger partial charge in [0, 0.05) is 4.88 Å². The molecule has 0 aliphatic rings. The van der Waals surface area contributed by atoms with Gasteiger partial charge < -0.3 is 10.1 Å². The summed E-state index contributed by atoms with van der Waals surface area (Å²) in [5.41, 5.74) is 2.07. The topological polar surface area (TPSA) is 67.0 Å². The number of amides is 1. The summed E-state index contributed by atoms with van der Waals surface area (Å²) in [6, 6.07) is 10.9. The van der Waals surface area contributed by atoms with Gasteiger partial charge >= 0.3 is 0 Å². The van der Waals surface area contributed by atoms with Crippen molar-refractivity contribution in [3.05, 3.63) is 81.2 Å². The Hall–Kier alpha value is -3.52. The summed E-state index contributed by atoms with van der Waals surface area (Å²) >= 11 is 1.56. The van der Waals surface area contributed by atoms with Crippen LogP contribution >= 0.6 is 11.3 Å². The van der Waals surface area contributed by atoms with Gasteiger partial charge in [-0.1, -0.05) is 18.2 Å². The van der Waals surface area contributed by atoms with E-state index in [1.165, 1.54) is 13.2 Å². The molecule has 0 saturated heterocycles. The molecule has 0 aliphatic heterocycles. The molecule has 0 radical (unpaired) electrons. The lowest BCUT2D eigenvalue weighted by molar-refractivity contribution is 0.0948. The minimum absolute atomic E-state index is 0.265. The van der Waals surface area contributed by atoms with Crippen molar-refractivity contribution in [2.75, 3.05) is 7.11 Å². The van der Waals surface area contributed by atoms with Crippen molar-refractivity contribution in [3.63, 3.8) is 0 Å². The van der Waals surface area contributed by atoms with E-state index in [0.717, 1.165) is 17.0 Å². The van der Waals surface area contributed by atoms with Gasteiger partial charge in [-0.2, -0.15) is 5.10 Å². The number of hydrogen-bond acceptors (Lipinski definition) is 4. The number of methoxy groups -OCH3 is 1. The Balaban J connectivity index is 1.66. The highest BCUT2D eigenvalue weighted by Crippen LogP contribution is 2.32. The normalized spacial score (nSPS) is 11.3. The number of ether oxygens (including phenoxy) is 1. The number of thiophene rings is 1. The lowest BCUT2D eigenvalue weighted by atomic mass is 10.1. The molecule has 0 bridgehead atoms. The molecule has 0 saturated carbocycles. The zero-order valence-electron chi connectivity index (χ0n) is 15.9. The third-order valence-corrected chi connectivity index (χ3v) is 5.42. The predicted molar refractivity (Wildman–Crippen MR) is 113 cm³/mol. The number of H-pyrrole nitrogens is 1. The number of aromatic amines is 1. The van der Waals surface area contributed by atoms with E-state index in [0.29, 0.717) is 40.0 Å². The number of nitrogens with zero attached hydrogens (tertiary/aromatic N) is 1. The van der Waals surface area contributed by atoms with E-state index >= 15 is 0 Å². The van der Waals surface area contributed by atoms with Crippen LogP contribution in [0.25, 0.3) is 23.1 Å². The number of carbonyl (C=O) groups excluding carboxylic acids is 1. The summed E-state index contributed by atoms with van der Waals surface area (Å²) in [5.74, 6) is -1.71. The second-order valence-corrected chi connectivity index (χ2v) is 7.48. The van der Waals surface area contributed by atoms with E-state index in [1.807, 2.05) is 17.5 Å². The molecule has 2 heterocycles. The van der Waals surface area contributed by atoms with Crippen LogP contribution in [0.4, 0.5) is 8.78 Å². The van der Waals surface area contributed by atoms with Crippen molar-refractivity contribution in [2.24, 2.45) is 0 Å². The van der Waals surface area contributed by atoms with Crippen LogP contribution in [-0.2, 0) is 6.54 Å². The zero-order chi connectivity index (χ0) is 21.1. The number of hydrogen-bond donors (Lipinski definition) is 2. The number of rotatable bonds is 6. The zero-order valence-corrected chi connectivity index (χ0v) is 16.7. The van der Waals surface area contributed by atoms with E-state index < -0.39 is 11.6 Å². The van der Waals surface area contributed by atoms with Crippen LogP contribution in [0.15, 0.2) is 47.8 Å². The van der Waals surface area contributed by atoms with Crippen molar-refractivity contribution < 1.29 is 18.3 Å². The minimum Gasteiger partial charge on any atom is -0.495 e. The molecule has 0 spiro atoms. The molecule has 2 N–H and O–H groups in total. The number of halogens is 2. The number of aromatic nitrogens is 2. The first-order chi connectivity index (χ1) is 14.6. The first-order valence-corrected chi connectivity index (χ1v) is 9.93. The molecule has 0 aliphatic carbocycles. The van der Waals surface area contributed by atoms with Gasteiger partial charge in [-0.3, -0.25) is 9.89 Å². The van der Waals surface area contributed by atoms with E-state index in [-0.39, 0.29) is 5.91 Å². The van der Waals surface area contributed by atoms with E-state index in [9.17, 15) is 13.6 Å². The van der Waals surface area contributed by atoms with Crippen molar-refractivity contribution >= 4 is 40.3 Å². The van der Waals surface area contributed by atoms with E-state index in [1.54, 1.807) is 35.6 Å². The Labute approximate surface area is 175 Å². The third-order valence-electron chi connectivity index (χ3n) is 4.54. The number of carbonyl (C=O) groups is 1. The fourth-order valence-electron chi connectivity index (χ4n) is 3.08. The summed E-state index contributed by atoms with van der Waals surface area (Å²) in [6.07, 6.45) is 3.30. The molecular weight excluding hydrogens is 408 g/mol. The van der Waals surface area contributed by atoms with Gasteiger partial charge in [0.1, 0.15) is 5.75 Å². The predicted octanol–water partition coefficient (Wildman–Crippen LogP) is 5.01. The van der Waals surface area contributed by atoms with Gasteiger partial charge in [0.15, 0.2) is 11.6 Å². The van der Waals surface area contributed by atoms with Crippen LogP contribution in [-0.4, -0.2) is 23.2 Å². The first kappa shape index (κ1) is 19.8. The molecule has 30 heavy (non-hydrogen) atoms. The van der Waals surface area contributed by atoms with Gasteiger partial charge in [0.05, 0.1) is 35.8 Å². The Kier molecular flexibility index (Phi) is 5.58. The van der Waals surface area contributed by atoms with Gasteiger partial charge in [-0.25, -0.2) is 8.78 Å². The Morgan fingerprint density at radius 1 is 1.20 bits per heavy atom. The van der Waals surface area contributed by atoms with Crippen molar-refractivity contribution in [3.8, 4) is 5.75 Å². The second kappa shape index (κ2) is 8.46. The van der Waals surface area contributed by atoms with E-state index in [2.05, 4.69) is 15.5 Å². The molecule has 5 nitrogen and oxygen atoms in total. The standard InChI is InChI=1S/C22H17F2N3O2S/c1-29-21-15(22(28)25-12-14-3-2-10-30-14)6-9-19-20(21)18(26-27-19)8-5-13-4-7-16(23)17(24)11-13/h2-11H,12H2,1H3,(H,25,28)(H,26,27)/b8-5+. The highest BCUT2D eigenvalue weighted by molar-refractivity contribution is 7.09. The van der Waals surface area contributed by atoms with Crippen LogP contribution in [0.2, 0.25) is 0 Å². The van der Waals surface area contributed by atoms with Crippen LogP contribution in [0.3, 0.4) is 0 Å². The van der Waals surface area contributed by atoms with Gasteiger partial charge in [-0.15, -0.1) is 11.3 Å². The monoisotopic (exact) mass is 425 g/mol. The van der Waals surface area contributed by atoms with Gasteiger partial charge in [-0.05, 0) is 47.4 Å². The molecule has 8 heteroatoms. The fourth-order valence-corrected chi connectivity index (χ4v) is 3.73. The largest absolute Gasteiger partial charge is 0.495 e. The quantitative estimate of drug-likeness (QED) is 0.456. The molecule has 1 amide bonds. The van der Waals surface area contributed by atoms with Crippen LogP contribution < -0.4 is 10.1 Å². The number of nitrogens with one attached hydrogen (secondary N) is 2. The third kappa shape index (κ3) is 3.95. The Morgan fingerprint density at radius 3 is 2.80 bits per heavy atom. The minimum atomic E-state index is -0.922. The average molecular weight is 425 g/mol. The molecule has 2 aromatic carbocycles. The molecule has 0 unspecified atom stereocenters. The highest BCUT2D eigenvalue weighted by atomic mass is 32.1. The summed E-state index contributed by atoms with van der Waals surface area (Å²) in [6.45, 7) is 0.423. The van der Waals surface area contributed by atoms with Crippen molar-refractivity contribution in [1.29, 1.82) is 0 Å². The van der Waals surface area contributed by atoms with Crippen molar-refractivity contribution in [1.82, 2.24) is 15.5 Å². The summed E-state index contributed by atoms with van der Waals surface area (Å²) in [5, 5.41) is 12.6. The lowest BCUT2D eigenvalue weighted by Gasteiger charge is -2.10. The van der Waals surface area contributed by atoms with Gasteiger partial charge in [0.2, 0.25) is 0 Å². The summed E-state index contributed by atoms with van der Waals surface area (Å²) < 4.78 is 32.1. The molecule has 0 atom stereocenters. The maximum Gasteiger partial charge on any atom is 0.255 e. The maximum atomic E-state index is 13.4. The fraction of sp³-hybridized carbons (Fsp3) is 0.0909. The molecule has 152 valence electrons. The number of benzene rings is 2. The lowest BCUT2D eigenvalue weighted by Crippen LogP contribution is -2.22. The molecular formula is C22H17F2N3O2S. The first-order valence-electron chi connectivity index (χ1n) is 9.05.